The fourth-order valence-electron chi connectivity index (χ4n) is 0.747. The molecule has 0 aliphatic heterocycles. The van der Waals surface area contributed by atoms with Crippen molar-refractivity contribution in [2.45, 2.75) is 19.4 Å². The monoisotopic (exact) mass is 191 g/mol. The van der Waals surface area contributed by atoms with Gasteiger partial charge in [0.1, 0.15) is 0 Å². The molecule has 0 saturated heterocycles. The summed E-state index contributed by atoms with van der Waals surface area (Å²) in [5.74, 6) is -0.950. The van der Waals surface area contributed by atoms with Crippen LogP contribution < -0.4 is 0 Å². The first kappa shape index (κ1) is 11.3. The van der Waals surface area contributed by atoms with Crippen LogP contribution in [0, 0.1) is 0 Å². The minimum atomic E-state index is -0.902. The number of rotatable bonds is 4. The predicted molar refractivity (Wildman–Crippen MR) is 48.3 cm³/mol. The Morgan fingerprint density at radius 2 is 2.08 bits per heavy atom. The zero-order chi connectivity index (χ0) is 9.72. The van der Waals surface area contributed by atoms with E-state index in [1.807, 2.05) is 0 Å². The number of amides is 1. The molecule has 0 aliphatic rings. The third kappa shape index (κ3) is 3.61. The lowest BCUT2D eigenvalue weighted by Gasteiger charge is -2.22. The maximum atomic E-state index is 11.0. The Kier molecular flexibility index (Phi) is 4.73. The second kappa shape index (κ2) is 5.03. The van der Waals surface area contributed by atoms with E-state index in [-0.39, 0.29) is 24.1 Å². The van der Waals surface area contributed by atoms with Crippen LogP contribution in [0.15, 0.2) is 0 Å². The summed E-state index contributed by atoms with van der Waals surface area (Å²) in [7, 11) is 1.58. The maximum Gasteiger partial charge on any atom is 0.305 e. The summed E-state index contributed by atoms with van der Waals surface area (Å²) in [6.45, 7) is 1.69. The highest BCUT2D eigenvalue weighted by molar-refractivity contribution is 7.81. The van der Waals surface area contributed by atoms with E-state index in [1.54, 1.807) is 14.0 Å². The minimum Gasteiger partial charge on any atom is -0.481 e. The molecule has 1 atom stereocenters. The van der Waals surface area contributed by atoms with Gasteiger partial charge in [0.15, 0.2) is 0 Å². The van der Waals surface area contributed by atoms with E-state index in [0.29, 0.717) is 0 Å². The van der Waals surface area contributed by atoms with Gasteiger partial charge >= 0.3 is 5.97 Å². The normalized spacial score (nSPS) is 12.2. The second-order valence-electron chi connectivity index (χ2n) is 2.61. The van der Waals surface area contributed by atoms with Crippen molar-refractivity contribution in [3.05, 3.63) is 0 Å². The van der Waals surface area contributed by atoms with Gasteiger partial charge < -0.3 is 10.0 Å². The summed E-state index contributed by atoms with van der Waals surface area (Å²) in [6.07, 6.45) is -0.0317. The van der Waals surface area contributed by atoms with E-state index in [0.717, 1.165) is 0 Å². The molecule has 0 aromatic carbocycles. The molecule has 0 bridgehead atoms. The lowest BCUT2D eigenvalue weighted by molar-refractivity contribution is -0.139. The van der Waals surface area contributed by atoms with Crippen molar-refractivity contribution in [3.63, 3.8) is 0 Å². The van der Waals surface area contributed by atoms with Crippen LogP contribution in [0.3, 0.4) is 0 Å². The topological polar surface area (TPSA) is 57.6 Å². The molecule has 0 aromatic rings. The zero-order valence-corrected chi connectivity index (χ0v) is 8.04. The quantitative estimate of drug-likeness (QED) is 0.626. The molecule has 0 radical (unpaired) electrons. The Hall–Kier alpha value is -0.710. The van der Waals surface area contributed by atoms with E-state index in [4.69, 9.17) is 5.11 Å². The molecular weight excluding hydrogens is 178 g/mol. The van der Waals surface area contributed by atoms with Gasteiger partial charge in [0.25, 0.3) is 0 Å². The molecule has 0 spiro atoms. The van der Waals surface area contributed by atoms with Crippen LogP contribution >= 0.6 is 12.6 Å². The molecule has 0 rings (SSSR count). The van der Waals surface area contributed by atoms with Gasteiger partial charge in [-0.15, -0.1) is 0 Å². The molecule has 4 nitrogen and oxygen atoms in total. The Bertz CT molecular complexity index is 183. The van der Waals surface area contributed by atoms with Crippen LogP contribution in [0.4, 0.5) is 0 Å². The van der Waals surface area contributed by atoms with Gasteiger partial charge in [-0.25, -0.2) is 0 Å². The Labute approximate surface area is 77.0 Å². The van der Waals surface area contributed by atoms with Crippen molar-refractivity contribution in [3.8, 4) is 0 Å². The van der Waals surface area contributed by atoms with Crippen molar-refractivity contribution in [1.82, 2.24) is 4.90 Å². The van der Waals surface area contributed by atoms with Crippen molar-refractivity contribution < 1.29 is 14.7 Å². The van der Waals surface area contributed by atoms with Gasteiger partial charge in [0.05, 0.1) is 12.2 Å². The summed E-state index contributed by atoms with van der Waals surface area (Å²) >= 11 is 3.80. The molecule has 0 aliphatic carbocycles. The Morgan fingerprint density at radius 3 is 2.42 bits per heavy atom. The summed E-state index contributed by atoms with van der Waals surface area (Å²) in [5, 5.41) is 8.43. The number of carboxylic acids is 1. The van der Waals surface area contributed by atoms with E-state index in [9.17, 15) is 9.59 Å². The maximum absolute atomic E-state index is 11.0. The first-order chi connectivity index (χ1) is 5.49. The molecule has 0 fully saturated rings. The highest BCUT2D eigenvalue weighted by atomic mass is 32.1. The lowest BCUT2D eigenvalue weighted by Crippen LogP contribution is -2.37. The molecule has 1 N–H and O–H groups in total. The summed E-state index contributed by atoms with van der Waals surface area (Å²) in [6, 6.07) is -0.276. The standard InChI is InChI=1S/C7H13NO3S/c1-5(3-7(10)11)8(2)6(9)4-12/h5,12H,3-4H2,1-2H3,(H,10,11). The highest BCUT2D eigenvalue weighted by Crippen LogP contribution is 2.01. The number of hydrogen-bond acceptors (Lipinski definition) is 3. The van der Waals surface area contributed by atoms with Gasteiger partial charge in [-0.1, -0.05) is 0 Å². The van der Waals surface area contributed by atoms with Crippen molar-refractivity contribution in [2.24, 2.45) is 0 Å². The summed E-state index contributed by atoms with van der Waals surface area (Å²) in [5.41, 5.74) is 0. The largest absolute Gasteiger partial charge is 0.481 e. The van der Waals surface area contributed by atoms with Crippen molar-refractivity contribution >= 4 is 24.5 Å². The van der Waals surface area contributed by atoms with Crippen LogP contribution in [0.1, 0.15) is 13.3 Å². The molecule has 0 heterocycles. The van der Waals surface area contributed by atoms with Gasteiger partial charge in [0.2, 0.25) is 5.91 Å². The van der Waals surface area contributed by atoms with Crippen LogP contribution in [0.2, 0.25) is 0 Å². The Balaban J connectivity index is 4.00. The average Bonchev–Trinajstić information content (AvgIpc) is 2.00. The Morgan fingerprint density at radius 1 is 1.58 bits per heavy atom. The number of carbonyl (C=O) groups excluding carboxylic acids is 1. The third-order valence-corrected chi connectivity index (χ3v) is 1.93. The van der Waals surface area contributed by atoms with Crippen molar-refractivity contribution in [1.29, 1.82) is 0 Å². The van der Waals surface area contributed by atoms with Gasteiger partial charge in [-0.05, 0) is 6.92 Å². The molecular formula is C7H13NO3S. The van der Waals surface area contributed by atoms with Gasteiger partial charge in [0, 0.05) is 13.1 Å². The smallest absolute Gasteiger partial charge is 0.305 e. The van der Waals surface area contributed by atoms with Crippen LogP contribution in [0.5, 0.6) is 0 Å². The summed E-state index contributed by atoms with van der Waals surface area (Å²) < 4.78 is 0. The molecule has 5 heteroatoms. The average molecular weight is 191 g/mol. The fraction of sp³-hybridized carbons (Fsp3) is 0.714. The number of nitrogens with zero attached hydrogens (tertiary/aromatic N) is 1. The number of hydrogen-bond donors (Lipinski definition) is 2. The number of carbonyl (C=O) groups is 2. The van der Waals surface area contributed by atoms with Gasteiger partial charge in [-0.2, -0.15) is 12.6 Å². The zero-order valence-electron chi connectivity index (χ0n) is 7.15. The fourth-order valence-corrected chi connectivity index (χ4v) is 0.970. The van der Waals surface area contributed by atoms with Crippen LogP contribution in [-0.4, -0.2) is 40.7 Å². The number of thiol groups is 1. The second-order valence-corrected chi connectivity index (χ2v) is 2.93. The van der Waals surface area contributed by atoms with Crippen molar-refractivity contribution in [2.75, 3.05) is 12.8 Å². The lowest BCUT2D eigenvalue weighted by atomic mass is 10.2. The van der Waals surface area contributed by atoms with Crippen LogP contribution in [0.25, 0.3) is 0 Å². The highest BCUT2D eigenvalue weighted by Gasteiger charge is 2.16. The molecule has 70 valence electrons. The predicted octanol–water partition coefficient (Wildman–Crippen LogP) is 0.238. The molecule has 0 saturated carbocycles. The first-order valence-electron chi connectivity index (χ1n) is 3.57. The van der Waals surface area contributed by atoms with Gasteiger partial charge in [-0.3, -0.25) is 9.59 Å². The summed E-state index contributed by atoms with van der Waals surface area (Å²) in [4.78, 5) is 22.6. The van der Waals surface area contributed by atoms with E-state index >= 15 is 0 Å². The number of aliphatic carboxylic acids is 1. The van der Waals surface area contributed by atoms with E-state index in [2.05, 4.69) is 12.6 Å². The molecule has 1 amide bonds. The molecule has 1 unspecified atom stereocenters. The molecule has 0 aromatic heterocycles. The minimum absolute atomic E-state index is 0.0317. The molecule has 12 heavy (non-hydrogen) atoms. The SMILES string of the molecule is CC(CC(=O)O)N(C)C(=O)CS. The first-order valence-corrected chi connectivity index (χ1v) is 4.20. The third-order valence-electron chi connectivity index (χ3n) is 1.66. The number of carboxylic acid groups (broad SMARTS) is 1. The van der Waals surface area contributed by atoms with Crippen LogP contribution in [-0.2, 0) is 9.59 Å². The van der Waals surface area contributed by atoms with E-state index < -0.39 is 5.97 Å². The van der Waals surface area contributed by atoms with E-state index in [1.165, 1.54) is 4.90 Å².